The van der Waals surface area contributed by atoms with Gasteiger partial charge in [0.25, 0.3) is 0 Å². The Morgan fingerprint density at radius 1 is 1.41 bits per heavy atom. The van der Waals surface area contributed by atoms with Crippen molar-refractivity contribution in [1.82, 2.24) is 9.55 Å². The molecule has 116 valence electrons. The van der Waals surface area contributed by atoms with E-state index in [1.807, 2.05) is 12.1 Å². The number of hydrogen-bond donors (Lipinski definition) is 1. The summed E-state index contributed by atoms with van der Waals surface area (Å²) in [7, 11) is 1.58. The summed E-state index contributed by atoms with van der Waals surface area (Å²) in [5.41, 5.74) is 4.00. The molecule has 1 N–H and O–H groups in total. The number of aromatic nitrogens is 2. The van der Waals surface area contributed by atoms with Gasteiger partial charge in [0.1, 0.15) is 7.11 Å². The zero-order valence-electron chi connectivity index (χ0n) is 13.2. The number of aliphatic hydroxyl groups is 1. The molecule has 0 fully saturated rings. The minimum absolute atomic E-state index is 0.0201. The molecule has 1 atom stereocenters. The van der Waals surface area contributed by atoms with Crippen molar-refractivity contribution < 1.29 is 9.94 Å². The van der Waals surface area contributed by atoms with Gasteiger partial charge in [-0.25, -0.2) is 4.98 Å². The maximum absolute atomic E-state index is 9.59. The van der Waals surface area contributed by atoms with E-state index in [4.69, 9.17) is 4.84 Å². The van der Waals surface area contributed by atoms with Crippen molar-refractivity contribution in [3.63, 3.8) is 0 Å². The highest BCUT2D eigenvalue weighted by molar-refractivity contribution is 6.03. The normalized spacial score (nSPS) is 21.6. The van der Waals surface area contributed by atoms with Crippen molar-refractivity contribution in [2.24, 2.45) is 10.6 Å². The van der Waals surface area contributed by atoms with Gasteiger partial charge in [-0.1, -0.05) is 43.3 Å². The first kappa shape index (κ1) is 14.8. The number of rotatable bonds is 3. The minimum Gasteiger partial charge on any atom is -0.399 e. The van der Waals surface area contributed by atoms with Gasteiger partial charge in [0.05, 0.1) is 36.6 Å². The van der Waals surface area contributed by atoms with Crippen molar-refractivity contribution in [2.45, 2.75) is 32.9 Å². The maximum atomic E-state index is 9.59. The van der Waals surface area contributed by atoms with Gasteiger partial charge in [0.2, 0.25) is 0 Å². The fourth-order valence-electron chi connectivity index (χ4n) is 3.45. The van der Waals surface area contributed by atoms with Crippen LogP contribution in [-0.4, -0.2) is 27.5 Å². The largest absolute Gasteiger partial charge is 0.399 e. The fraction of sp³-hybridized carbons (Fsp3) is 0.412. The monoisotopic (exact) mass is 299 g/mol. The summed E-state index contributed by atoms with van der Waals surface area (Å²) in [6.45, 7) is 4.40. The van der Waals surface area contributed by atoms with Crippen LogP contribution >= 0.6 is 0 Å². The van der Waals surface area contributed by atoms with Crippen LogP contribution in [0, 0.1) is 5.41 Å². The lowest BCUT2D eigenvalue weighted by Crippen LogP contribution is -2.36. The lowest BCUT2D eigenvalue weighted by Gasteiger charge is -2.41. The second-order valence-electron chi connectivity index (χ2n) is 6.33. The van der Waals surface area contributed by atoms with Crippen LogP contribution in [-0.2, 0) is 11.4 Å². The number of oxime groups is 1. The summed E-state index contributed by atoms with van der Waals surface area (Å²) in [5.74, 6) is 0. The topological polar surface area (TPSA) is 59.6 Å². The zero-order chi connectivity index (χ0) is 15.7. The van der Waals surface area contributed by atoms with Gasteiger partial charge in [-0.3, -0.25) is 0 Å². The summed E-state index contributed by atoms with van der Waals surface area (Å²) in [4.78, 5) is 9.24. The Labute approximate surface area is 130 Å². The molecule has 5 heteroatoms. The Bertz CT molecular complexity index is 703. The smallest absolute Gasteiger partial charge is 0.106 e. The Hall–Kier alpha value is -2.14. The Balaban J connectivity index is 2.21. The third-order valence-corrected chi connectivity index (χ3v) is 4.32. The maximum Gasteiger partial charge on any atom is 0.106 e. The number of aliphatic hydroxyl groups excluding tert-OH is 1. The van der Waals surface area contributed by atoms with Gasteiger partial charge < -0.3 is 14.5 Å². The Kier molecular flexibility index (Phi) is 3.74. The summed E-state index contributed by atoms with van der Waals surface area (Å²) in [6.07, 6.45) is 4.32. The molecule has 1 aromatic carbocycles. The highest BCUT2D eigenvalue weighted by Crippen LogP contribution is 2.46. The van der Waals surface area contributed by atoms with Crippen molar-refractivity contribution in [2.75, 3.05) is 7.11 Å². The van der Waals surface area contributed by atoms with Crippen LogP contribution in [0.25, 0.3) is 0 Å². The highest BCUT2D eigenvalue weighted by atomic mass is 16.6. The number of benzene rings is 1. The molecule has 0 unspecified atom stereocenters. The molecule has 1 aliphatic carbocycles. The molecule has 0 bridgehead atoms. The van der Waals surface area contributed by atoms with E-state index in [0.29, 0.717) is 0 Å². The van der Waals surface area contributed by atoms with E-state index in [-0.39, 0.29) is 18.1 Å². The lowest BCUT2D eigenvalue weighted by molar-refractivity contribution is 0.200. The van der Waals surface area contributed by atoms with Gasteiger partial charge in [-0.05, 0) is 11.0 Å². The molecule has 0 saturated heterocycles. The van der Waals surface area contributed by atoms with Crippen LogP contribution in [0.1, 0.15) is 43.1 Å². The third-order valence-electron chi connectivity index (χ3n) is 4.32. The molecule has 0 radical (unpaired) electrons. The first-order valence-electron chi connectivity index (χ1n) is 7.39. The molecule has 1 heterocycles. The van der Waals surface area contributed by atoms with Gasteiger partial charge in [-0.2, -0.15) is 0 Å². The van der Waals surface area contributed by atoms with E-state index < -0.39 is 0 Å². The van der Waals surface area contributed by atoms with Crippen LogP contribution in [0.3, 0.4) is 0 Å². The third kappa shape index (κ3) is 2.31. The predicted octanol–water partition coefficient (Wildman–Crippen LogP) is 2.75. The molecule has 0 saturated carbocycles. The first-order chi connectivity index (χ1) is 10.6. The SMILES string of the molecule is CON=C1CC(C)(C)[C@H](n2cncc2CO)c2ccccc21. The van der Waals surface area contributed by atoms with E-state index in [1.54, 1.807) is 19.6 Å². The molecule has 0 amide bonds. The van der Waals surface area contributed by atoms with Crippen LogP contribution in [0.5, 0.6) is 0 Å². The van der Waals surface area contributed by atoms with Gasteiger partial charge >= 0.3 is 0 Å². The molecule has 2 aromatic rings. The van der Waals surface area contributed by atoms with Crippen LogP contribution in [0.15, 0.2) is 41.9 Å². The van der Waals surface area contributed by atoms with Crippen LogP contribution in [0.4, 0.5) is 0 Å². The number of fused-ring (bicyclic) bond motifs is 1. The second kappa shape index (κ2) is 5.57. The van der Waals surface area contributed by atoms with E-state index in [1.165, 1.54) is 5.56 Å². The highest BCUT2D eigenvalue weighted by Gasteiger charge is 2.40. The summed E-state index contributed by atoms with van der Waals surface area (Å²) >= 11 is 0. The quantitative estimate of drug-likeness (QED) is 0.887. The average molecular weight is 299 g/mol. The average Bonchev–Trinajstić information content (AvgIpc) is 2.95. The van der Waals surface area contributed by atoms with Crippen molar-refractivity contribution >= 4 is 5.71 Å². The molecule has 1 aliphatic rings. The van der Waals surface area contributed by atoms with Crippen LogP contribution < -0.4 is 0 Å². The van der Waals surface area contributed by atoms with Gasteiger partial charge in [0.15, 0.2) is 0 Å². The van der Waals surface area contributed by atoms with E-state index >= 15 is 0 Å². The van der Waals surface area contributed by atoms with E-state index in [9.17, 15) is 5.11 Å². The summed E-state index contributed by atoms with van der Waals surface area (Å²) < 4.78 is 2.07. The molecule has 0 spiro atoms. The molecule has 1 aromatic heterocycles. The van der Waals surface area contributed by atoms with E-state index in [2.05, 4.69) is 40.7 Å². The second-order valence-corrected chi connectivity index (χ2v) is 6.33. The molecular weight excluding hydrogens is 278 g/mol. The van der Waals surface area contributed by atoms with Crippen molar-refractivity contribution in [3.05, 3.63) is 53.6 Å². The number of imidazole rings is 1. The van der Waals surface area contributed by atoms with Gasteiger partial charge in [-0.15, -0.1) is 0 Å². The molecule has 22 heavy (non-hydrogen) atoms. The van der Waals surface area contributed by atoms with E-state index in [0.717, 1.165) is 23.4 Å². The van der Waals surface area contributed by atoms with Crippen molar-refractivity contribution in [1.29, 1.82) is 0 Å². The molecular formula is C17H21N3O2. The summed E-state index contributed by atoms with van der Waals surface area (Å²) in [5, 5.41) is 13.8. The predicted molar refractivity (Wildman–Crippen MR) is 84.7 cm³/mol. The Morgan fingerprint density at radius 3 is 2.91 bits per heavy atom. The molecule has 3 rings (SSSR count). The van der Waals surface area contributed by atoms with Crippen LogP contribution in [0.2, 0.25) is 0 Å². The molecule has 5 nitrogen and oxygen atoms in total. The minimum atomic E-state index is -0.0731. The fourth-order valence-corrected chi connectivity index (χ4v) is 3.45. The Morgan fingerprint density at radius 2 is 2.18 bits per heavy atom. The summed E-state index contributed by atoms with van der Waals surface area (Å²) in [6, 6.07) is 8.34. The molecule has 0 aliphatic heterocycles. The van der Waals surface area contributed by atoms with Crippen molar-refractivity contribution in [3.8, 4) is 0 Å². The lowest BCUT2D eigenvalue weighted by atomic mass is 9.69. The first-order valence-corrected chi connectivity index (χ1v) is 7.39. The standard InChI is InChI=1S/C17H21N3O2/c1-17(2)8-15(19-22-3)13-6-4-5-7-14(13)16(17)20-11-18-9-12(20)10-21/h4-7,9,11,16,21H,8,10H2,1-3H3/t16-/m1/s1. The van der Waals surface area contributed by atoms with Gasteiger partial charge in [0, 0.05) is 12.0 Å². The zero-order valence-corrected chi connectivity index (χ0v) is 13.2. The number of hydrogen-bond acceptors (Lipinski definition) is 4. The number of nitrogens with zero attached hydrogens (tertiary/aromatic N) is 3.